The fourth-order valence-corrected chi connectivity index (χ4v) is 3.08. The molecule has 0 unspecified atom stereocenters. The van der Waals surface area contributed by atoms with Crippen LogP contribution in [-0.2, 0) is 0 Å². The highest BCUT2D eigenvalue weighted by Gasteiger charge is 2.24. The van der Waals surface area contributed by atoms with Crippen LogP contribution in [0.2, 0.25) is 0 Å². The van der Waals surface area contributed by atoms with Crippen molar-refractivity contribution in [3.8, 4) is 5.88 Å². The zero-order chi connectivity index (χ0) is 19.2. The van der Waals surface area contributed by atoms with Gasteiger partial charge in [0.15, 0.2) is 5.82 Å². The second-order valence-corrected chi connectivity index (χ2v) is 6.82. The molecule has 27 heavy (non-hydrogen) atoms. The minimum absolute atomic E-state index is 0.0227. The topological polar surface area (TPSA) is 71.5 Å². The molecule has 0 N–H and O–H groups in total. The smallest absolute Gasteiger partial charge is 0.259 e. The second-order valence-electron chi connectivity index (χ2n) is 6.82. The van der Waals surface area contributed by atoms with Crippen molar-refractivity contribution in [2.45, 2.75) is 33.6 Å². The van der Waals surface area contributed by atoms with Crippen LogP contribution in [0, 0.1) is 13.8 Å². The summed E-state index contributed by atoms with van der Waals surface area (Å²) in [6.07, 6.45) is 1.76. The molecule has 7 nitrogen and oxygen atoms in total. The molecule has 1 aliphatic rings. The van der Waals surface area contributed by atoms with Gasteiger partial charge in [-0.25, -0.2) is 4.98 Å². The minimum Gasteiger partial charge on any atom is -0.477 e. The molecule has 0 atom stereocenters. The summed E-state index contributed by atoms with van der Waals surface area (Å²) >= 11 is 0. The highest BCUT2D eigenvalue weighted by molar-refractivity contribution is 5.96. The Bertz CT molecular complexity index is 778. The molecule has 2 aromatic rings. The average Bonchev–Trinajstić information content (AvgIpc) is 2.93. The number of hydrogen-bond donors (Lipinski definition) is 0. The number of carbonyl (C=O) groups excluding carboxylic acids is 1. The standard InChI is InChI=1S/C20H27N5O2/c1-4-14-27-19-17(8-6-15(2)21-19)20(26)25-11-5-10-24(12-13-25)18-9-7-16(3)22-23-18/h6-9H,4-5,10-14H2,1-3H3. The summed E-state index contributed by atoms with van der Waals surface area (Å²) in [4.78, 5) is 21.6. The Morgan fingerprint density at radius 1 is 1.04 bits per heavy atom. The largest absolute Gasteiger partial charge is 0.477 e. The number of anilines is 1. The Morgan fingerprint density at radius 3 is 2.59 bits per heavy atom. The minimum atomic E-state index is -0.0227. The third kappa shape index (κ3) is 4.72. The van der Waals surface area contributed by atoms with Crippen molar-refractivity contribution in [1.82, 2.24) is 20.1 Å². The Balaban J connectivity index is 1.72. The summed E-state index contributed by atoms with van der Waals surface area (Å²) in [5.41, 5.74) is 2.28. The summed E-state index contributed by atoms with van der Waals surface area (Å²) in [6.45, 7) is 9.34. The van der Waals surface area contributed by atoms with E-state index in [-0.39, 0.29) is 5.91 Å². The van der Waals surface area contributed by atoms with E-state index in [0.29, 0.717) is 31.1 Å². The van der Waals surface area contributed by atoms with E-state index in [9.17, 15) is 4.79 Å². The van der Waals surface area contributed by atoms with Crippen molar-refractivity contribution in [3.63, 3.8) is 0 Å². The monoisotopic (exact) mass is 369 g/mol. The Hall–Kier alpha value is -2.70. The first-order valence-electron chi connectivity index (χ1n) is 9.53. The lowest BCUT2D eigenvalue weighted by atomic mass is 10.2. The zero-order valence-corrected chi connectivity index (χ0v) is 16.3. The fourth-order valence-electron chi connectivity index (χ4n) is 3.08. The third-order valence-electron chi connectivity index (χ3n) is 4.56. The van der Waals surface area contributed by atoms with Gasteiger partial charge in [0.2, 0.25) is 5.88 Å². The van der Waals surface area contributed by atoms with E-state index in [4.69, 9.17) is 4.74 Å². The van der Waals surface area contributed by atoms with Gasteiger partial charge in [0.1, 0.15) is 5.56 Å². The van der Waals surface area contributed by atoms with Gasteiger partial charge in [0.25, 0.3) is 5.91 Å². The van der Waals surface area contributed by atoms with Crippen LogP contribution >= 0.6 is 0 Å². The van der Waals surface area contributed by atoms with Gasteiger partial charge >= 0.3 is 0 Å². The third-order valence-corrected chi connectivity index (χ3v) is 4.56. The number of carbonyl (C=O) groups is 1. The van der Waals surface area contributed by atoms with Crippen LogP contribution in [0.3, 0.4) is 0 Å². The van der Waals surface area contributed by atoms with Gasteiger partial charge in [-0.05, 0) is 51.0 Å². The Morgan fingerprint density at radius 2 is 1.85 bits per heavy atom. The van der Waals surface area contributed by atoms with Crippen molar-refractivity contribution >= 4 is 11.7 Å². The van der Waals surface area contributed by atoms with E-state index < -0.39 is 0 Å². The van der Waals surface area contributed by atoms with Crippen LogP contribution < -0.4 is 9.64 Å². The average molecular weight is 369 g/mol. The van der Waals surface area contributed by atoms with Crippen LogP contribution in [0.1, 0.15) is 41.5 Å². The lowest BCUT2D eigenvalue weighted by Crippen LogP contribution is -2.35. The van der Waals surface area contributed by atoms with Crippen LogP contribution in [0.15, 0.2) is 24.3 Å². The summed E-state index contributed by atoms with van der Waals surface area (Å²) in [7, 11) is 0. The van der Waals surface area contributed by atoms with Gasteiger partial charge in [-0.1, -0.05) is 6.92 Å². The molecule has 0 spiro atoms. The second kappa shape index (κ2) is 8.79. The number of nitrogens with zero attached hydrogens (tertiary/aromatic N) is 5. The van der Waals surface area contributed by atoms with Crippen molar-refractivity contribution in [1.29, 1.82) is 0 Å². The van der Waals surface area contributed by atoms with Crippen LogP contribution in [0.5, 0.6) is 5.88 Å². The van der Waals surface area contributed by atoms with E-state index in [1.165, 1.54) is 0 Å². The molecule has 7 heteroatoms. The lowest BCUT2D eigenvalue weighted by molar-refractivity contribution is 0.0761. The summed E-state index contributed by atoms with van der Waals surface area (Å²) in [6, 6.07) is 7.63. The van der Waals surface area contributed by atoms with E-state index in [1.54, 1.807) is 0 Å². The van der Waals surface area contributed by atoms with Crippen molar-refractivity contribution < 1.29 is 9.53 Å². The van der Waals surface area contributed by atoms with E-state index in [1.807, 2.05) is 49.9 Å². The molecule has 0 aliphatic carbocycles. The number of ether oxygens (including phenoxy) is 1. The Labute approximate surface area is 160 Å². The number of amides is 1. The highest BCUT2D eigenvalue weighted by Crippen LogP contribution is 2.20. The lowest BCUT2D eigenvalue weighted by Gasteiger charge is -2.23. The maximum atomic E-state index is 13.1. The van der Waals surface area contributed by atoms with Crippen LogP contribution in [0.25, 0.3) is 0 Å². The molecule has 0 saturated carbocycles. The van der Waals surface area contributed by atoms with E-state index >= 15 is 0 Å². The molecular weight excluding hydrogens is 342 g/mol. The highest BCUT2D eigenvalue weighted by atomic mass is 16.5. The van der Waals surface area contributed by atoms with E-state index in [2.05, 4.69) is 20.1 Å². The van der Waals surface area contributed by atoms with Crippen LogP contribution in [0.4, 0.5) is 5.82 Å². The molecule has 3 heterocycles. The summed E-state index contributed by atoms with van der Waals surface area (Å²) < 4.78 is 5.72. The van der Waals surface area contributed by atoms with Gasteiger partial charge in [0.05, 0.1) is 12.3 Å². The number of aryl methyl sites for hydroxylation is 2. The Kier molecular flexibility index (Phi) is 6.21. The zero-order valence-electron chi connectivity index (χ0n) is 16.3. The predicted molar refractivity (Wildman–Crippen MR) is 104 cm³/mol. The van der Waals surface area contributed by atoms with Crippen LogP contribution in [-0.4, -0.2) is 58.8 Å². The van der Waals surface area contributed by atoms with Gasteiger partial charge in [-0.3, -0.25) is 4.79 Å². The first-order chi connectivity index (χ1) is 13.1. The maximum absolute atomic E-state index is 13.1. The van der Waals surface area contributed by atoms with Gasteiger partial charge in [-0.2, -0.15) is 5.10 Å². The first kappa shape index (κ1) is 19.1. The fraction of sp³-hybridized carbons (Fsp3) is 0.500. The number of rotatable bonds is 5. The molecule has 1 amide bonds. The van der Waals surface area contributed by atoms with Crippen molar-refractivity contribution in [3.05, 3.63) is 41.2 Å². The molecule has 0 aromatic carbocycles. The normalized spacial score (nSPS) is 14.8. The molecule has 0 bridgehead atoms. The molecule has 0 radical (unpaired) electrons. The molecule has 3 rings (SSSR count). The number of pyridine rings is 1. The molecule has 1 saturated heterocycles. The van der Waals surface area contributed by atoms with Crippen molar-refractivity contribution in [2.24, 2.45) is 0 Å². The summed E-state index contributed by atoms with van der Waals surface area (Å²) in [5.74, 6) is 1.27. The molecule has 2 aromatic heterocycles. The molecule has 1 aliphatic heterocycles. The summed E-state index contributed by atoms with van der Waals surface area (Å²) in [5, 5.41) is 8.41. The van der Waals surface area contributed by atoms with Crippen molar-refractivity contribution in [2.75, 3.05) is 37.7 Å². The quantitative estimate of drug-likeness (QED) is 0.807. The van der Waals surface area contributed by atoms with Gasteiger partial charge in [0, 0.05) is 31.9 Å². The molecular formula is C20H27N5O2. The van der Waals surface area contributed by atoms with Gasteiger partial charge in [-0.15, -0.1) is 5.10 Å². The van der Waals surface area contributed by atoms with E-state index in [0.717, 1.165) is 43.1 Å². The number of hydrogen-bond acceptors (Lipinski definition) is 6. The number of aromatic nitrogens is 3. The van der Waals surface area contributed by atoms with Gasteiger partial charge < -0.3 is 14.5 Å². The predicted octanol–water partition coefficient (Wildman–Crippen LogP) is 2.63. The molecule has 144 valence electrons. The first-order valence-corrected chi connectivity index (χ1v) is 9.53. The maximum Gasteiger partial charge on any atom is 0.259 e. The molecule has 1 fully saturated rings. The SMILES string of the molecule is CCCOc1nc(C)ccc1C(=O)N1CCCN(c2ccc(C)nn2)CC1.